The fourth-order valence-corrected chi connectivity index (χ4v) is 2.10. The van der Waals surface area contributed by atoms with E-state index in [0.29, 0.717) is 11.9 Å². The molecule has 1 aromatic heterocycles. The monoisotopic (exact) mass is 191 g/mol. The molecule has 3 nitrogen and oxygen atoms in total. The second-order valence-corrected chi connectivity index (χ2v) is 4.10. The number of nitrogens with one attached hydrogen (secondary N) is 1. The van der Waals surface area contributed by atoms with E-state index < -0.39 is 0 Å². The molecule has 1 fully saturated rings. The fourth-order valence-electron chi connectivity index (χ4n) is 2.10. The van der Waals surface area contributed by atoms with Crippen LogP contribution in [0.3, 0.4) is 0 Å². The Balaban J connectivity index is 2.07. The van der Waals surface area contributed by atoms with Crippen molar-refractivity contribution in [3.8, 4) is 0 Å². The Morgan fingerprint density at radius 2 is 2.36 bits per heavy atom. The number of anilines is 2. The second kappa shape index (κ2) is 3.86. The SMILES string of the molecule is CC1CCCC1Nc1cccnc1N. The minimum Gasteiger partial charge on any atom is -0.382 e. The molecule has 0 aliphatic heterocycles. The normalized spacial score (nSPS) is 26.4. The van der Waals surface area contributed by atoms with Gasteiger partial charge in [-0.1, -0.05) is 13.3 Å². The average Bonchev–Trinajstić information content (AvgIpc) is 2.56. The summed E-state index contributed by atoms with van der Waals surface area (Å²) < 4.78 is 0. The number of nitrogen functional groups attached to an aromatic ring is 1. The first-order valence-electron chi connectivity index (χ1n) is 5.24. The molecule has 2 unspecified atom stereocenters. The molecular weight excluding hydrogens is 174 g/mol. The van der Waals surface area contributed by atoms with Crippen LogP contribution in [0.2, 0.25) is 0 Å². The van der Waals surface area contributed by atoms with Crippen molar-refractivity contribution in [1.29, 1.82) is 0 Å². The average molecular weight is 191 g/mol. The zero-order valence-electron chi connectivity index (χ0n) is 8.53. The van der Waals surface area contributed by atoms with Gasteiger partial charge in [0.1, 0.15) is 5.82 Å². The van der Waals surface area contributed by atoms with E-state index in [9.17, 15) is 0 Å². The predicted octanol–water partition coefficient (Wildman–Crippen LogP) is 2.26. The third kappa shape index (κ3) is 1.81. The number of hydrogen-bond acceptors (Lipinski definition) is 3. The molecule has 0 spiro atoms. The van der Waals surface area contributed by atoms with Gasteiger partial charge in [0.15, 0.2) is 0 Å². The van der Waals surface area contributed by atoms with E-state index in [4.69, 9.17) is 5.73 Å². The summed E-state index contributed by atoms with van der Waals surface area (Å²) in [6.07, 6.45) is 5.60. The number of hydrogen-bond donors (Lipinski definition) is 2. The van der Waals surface area contributed by atoms with E-state index in [0.717, 1.165) is 11.6 Å². The minimum atomic E-state index is 0.571. The Bertz CT molecular complexity index is 311. The highest BCUT2D eigenvalue weighted by Gasteiger charge is 2.23. The summed E-state index contributed by atoms with van der Waals surface area (Å²) >= 11 is 0. The van der Waals surface area contributed by atoms with Gasteiger partial charge in [-0.3, -0.25) is 0 Å². The maximum atomic E-state index is 5.77. The lowest BCUT2D eigenvalue weighted by Gasteiger charge is -2.19. The van der Waals surface area contributed by atoms with Crippen LogP contribution in [0.15, 0.2) is 18.3 Å². The fraction of sp³-hybridized carbons (Fsp3) is 0.545. The lowest BCUT2D eigenvalue weighted by molar-refractivity contribution is 0.556. The Morgan fingerprint density at radius 3 is 3.00 bits per heavy atom. The summed E-state index contributed by atoms with van der Waals surface area (Å²) in [6, 6.07) is 4.48. The molecule has 0 amide bonds. The molecule has 1 aromatic rings. The predicted molar refractivity (Wildman–Crippen MR) is 59.1 cm³/mol. The molecule has 1 aliphatic carbocycles. The van der Waals surface area contributed by atoms with Gasteiger partial charge < -0.3 is 11.1 Å². The standard InChI is InChI=1S/C11H17N3/c1-8-4-2-5-9(8)14-10-6-3-7-13-11(10)12/h3,6-9,14H,2,4-5H2,1H3,(H2,12,13). The van der Waals surface area contributed by atoms with Crippen molar-refractivity contribution < 1.29 is 0 Å². The number of nitrogens with zero attached hydrogens (tertiary/aromatic N) is 1. The summed E-state index contributed by atoms with van der Waals surface area (Å²) in [5.41, 5.74) is 6.75. The van der Waals surface area contributed by atoms with Gasteiger partial charge in [-0.15, -0.1) is 0 Å². The molecule has 3 heteroatoms. The summed E-state index contributed by atoms with van der Waals surface area (Å²) in [5, 5.41) is 3.47. The first kappa shape index (κ1) is 9.31. The number of rotatable bonds is 2. The molecule has 76 valence electrons. The van der Waals surface area contributed by atoms with Crippen molar-refractivity contribution in [2.45, 2.75) is 32.2 Å². The topological polar surface area (TPSA) is 50.9 Å². The van der Waals surface area contributed by atoms with Crippen molar-refractivity contribution in [2.24, 2.45) is 5.92 Å². The van der Waals surface area contributed by atoms with E-state index in [1.54, 1.807) is 6.20 Å². The number of pyridine rings is 1. The van der Waals surface area contributed by atoms with Crippen LogP contribution in [-0.4, -0.2) is 11.0 Å². The summed E-state index contributed by atoms with van der Waals surface area (Å²) in [6.45, 7) is 2.29. The van der Waals surface area contributed by atoms with Gasteiger partial charge in [-0.2, -0.15) is 0 Å². The van der Waals surface area contributed by atoms with Crippen molar-refractivity contribution in [3.05, 3.63) is 18.3 Å². The van der Waals surface area contributed by atoms with Crippen LogP contribution in [0.5, 0.6) is 0 Å². The van der Waals surface area contributed by atoms with E-state index in [1.165, 1.54) is 19.3 Å². The maximum absolute atomic E-state index is 5.77. The van der Waals surface area contributed by atoms with Gasteiger partial charge >= 0.3 is 0 Å². The van der Waals surface area contributed by atoms with Crippen LogP contribution in [0.25, 0.3) is 0 Å². The smallest absolute Gasteiger partial charge is 0.146 e. The summed E-state index contributed by atoms with van der Waals surface area (Å²) in [7, 11) is 0. The van der Waals surface area contributed by atoms with Crippen LogP contribution in [0.1, 0.15) is 26.2 Å². The van der Waals surface area contributed by atoms with E-state index >= 15 is 0 Å². The van der Waals surface area contributed by atoms with E-state index in [-0.39, 0.29) is 0 Å². The summed E-state index contributed by atoms with van der Waals surface area (Å²) in [4.78, 5) is 4.06. The Labute approximate surface area is 84.7 Å². The molecule has 0 saturated heterocycles. The maximum Gasteiger partial charge on any atom is 0.146 e. The first-order chi connectivity index (χ1) is 6.77. The molecule has 3 N–H and O–H groups in total. The van der Waals surface area contributed by atoms with Crippen LogP contribution in [-0.2, 0) is 0 Å². The minimum absolute atomic E-state index is 0.571. The molecule has 1 aliphatic rings. The highest BCUT2D eigenvalue weighted by Crippen LogP contribution is 2.28. The van der Waals surface area contributed by atoms with Crippen molar-refractivity contribution >= 4 is 11.5 Å². The summed E-state index contributed by atoms with van der Waals surface area (Å²) in [5.74, 6) is 1.35. The van der Waals surface area contributed by atoms with Gasteiger partial charge in [-0.05, 0) is 30.9 Å². The zero-order chi connectivity index (χ0) is 9.97. The lowest BCUT2D eigenvalue weighted by Crippen LogP contribution is -2.22. The zero-order valence-corrected chi connectivity index (χ0v) is 8.53. The van der Waals surface area contributed by atoms with Crippen molar-refractivity contribution in [1.82, 2.24) is 4.98 Å². The Morgan fingerprint density at radius 1 is 1.50 bits per heavy atom. The molecule has 2 atom stereocenters. The Hall–Kier alpha value is -1.25. The van der Waals surface area contributed by atoms with Gasteiger partial charge in [0.2, 0.25) is 0 Å². The molecule has 1 saturated carbocycles. The van der Waals surface area contributed by atoms with Gasteiger partial charge in [-0.25, -0.2) is 4.98 Å². The van der Waals surface area contributed by atoms with Crippen molar-refractivity contribution in [3.63, 3.8) is 0 Å². The van der Waals surface area contributed by atoms with Crippen LogP contribution in [0, 0.1) is 5.92 Å². The number of aromatic nitrogens is 1. The van der Waals surface area contributed by atoms with E-state index in [2.05, 4.69) is 17.2 Å². The lowest BCUT2D eigenvalue weighted by atomic mass is 10.1. The molecule has 0 radical (unpaired) electrons. The third-order valence-electron chi connectivity index (χ3n) is 3.04. The second-order valence-electron chi connectivity index (χ2n) is 4.10. The van der Waals surface area contributed by atoms with E-state index in [1.807, 2.05) is 12.1 Å². The molecule has 14 heavy (non-hydrogen) atoms. The molecule has 0 aromatic carbocycles. The third-order valence-corrected chi connectivity index (χ3v) is 3.04. The van der Waals surface area contributed by atoms with Crippen molar-refractivity contribution in [2.75, 3.05) is 11.1 Å². The number of nitrogens with two attached hydrogens (primary N) is 1. The largest absolute Gasteiger partial charge is 0.382 e. The molecule has 1 heterocycles. The quantitative estimate of drug-likeness (QED) is 0.754. The van der Waals surface area contributed by atoms with Crippen LogP contribution < -0.4 is 11.1 Å². The Kier molecular flexibility index (Phi) is 2.57. The van der Waals surface area contributed by atoms with Crippen LogP contribution in [0.4, 0.5) is 11.5 Å². The highest BCUT2D eigenvalue weighted by molar-refractivity contribution is 5.61. The molecule has 0 bridgehead atoms. The molecule has 2 rings (SSSR count). The van der Waals surface area contributed by atoms with Crippen LogP contribution >= 0.6 is 0 Å². The molecular formula is C11H17N3. The first-order valence-corrected chi connectivity index (χ1v) is 5.24. The van der Waals surface area contributed by atoms with Gasteiger partial charge in [0.05, 0.1) is 5.69 Å². The van der Waals surface area contributed by atoms with Gasteiger partial charge in [0.25, 0.3) is 0 Å². The highest BCUT2D eigenvalue weighted by atomic mass is 15.0. The van der Waals surface area contributed by atoms with Gasteiger partial charge in [0, 0.05) is 12.2 Å².